The Balaban J connectivity index is 1.26. The Kier molecular flexibility index (Phi) is 8.95. The van der Waals surface area contributed by atoms with Gasteiger partial charge in [0.05, 0.1) is 18.4 Å². The zero-order valence-corrected chi connectivity index (χ0v) is 21.0. The van der Waals surface area contributed by atoms with Crippen LogP contribution in [0.5, 0.6) is 11.5 Å². The first-order chi connectivity index (χ1) is 17.5. The molecule has 6 nitrogen and oxygen atoms in total. The third kappa shape index (κ3) is 7.08. The number of aromatic hydroxyl groups is 1. The van der Waals surface area contributed by atoms with Crippen molar-refractivity contribution in [2.45, 2.75) is 64.4 Å². The van der Waals surface area contributed by atoms with E-state index >= 15 is 0 Å². The van der Waals surface area contributed by atoms with Gasteiger partial charge < -0.3 is 19.8 Å². The summed E-state index contributed by atoms with van der Waals surface area (Å²) in [4.78, 5) is 18.9. The fourth-order valence-corrected chi connectivity index (χ4v) is 4.59. The quantitative estimate of drug-likeness (QED) is 0.351. The molecule has 2 aliphatic heterocycles. The molecule has 0 unspecified atom stereocenters. The highest BCUT2D eigenvalue weighted by Crippen LogP contribution is 2.30. The maximum Gasteiger partial charge on any atom is 0.163 e. The summed E-state index contributed by atoms with van der Waals surface area (Å²) in [7, 11) is 0. The van der Waals surface area contributed by atoms with Crippen molar-refractivity contribution in [3.63, 3.8) is 0 Å². The van der Waals surface area contributed by atoms with E-state index in [0.29, 0.717) is 38.3 Å². The number of aliphatic imine (C=N–C) groups is 1. The van der Waals surface area contributed by atoms with E-state index in [0.717, 1.165) is 42.5 Å². The van der Waals surface area contributed by atoms with E-state index in [1.807, 2.05) is 35.4 Å². The van der Waals surface area contributed by atoms with Crippen LogP contribution in [-0.2, 0) is 17.6 Å². The number of aryl methyl sites for hydroxylation is 1. The molecule has 4 rings (SSSR count). The number of phenols is 1. The largest absolute Gasteiger partial charge is 0.504 e. The van der Waals surface area contributed by atoms with Gasteiger partial charge in [-0.3, -0.25) is 9.79 Å². The Bertz CT molecular complexity index is 1140. The first-order valence-electron chi connectivity index (χ1n) is 12.9. The molecule has 2 aromatic rings. The van der Waals surface area contributed by atoms with Crippen LogP contribution in [0.25, 0.3) is 0 Å². The molecule has 0 radical (unpaired) electrons. The SMILES string of the molecule is CCCCC[C@@H](O)CC(=O)CCc1ccc(O)c(OCN2C=C3C(Cc4ccccc4)=CN=C3C2)c1. The van der Waals surface area contributed by atoms with Crippen LogP contribution in [0.1, 0.15) is 56.6 Å². The average molecular weight is 489 g/mol. The summed E-state index contributed by atoms with van der Waals surface area (Å²) in [6.45, 7) is 3.08. The first-order valence-corrected chi connectivity index (χ1v) is 12.9. The number of rotatable bonds is 14. The number of fused-ring (bicyclic) bond motifs is 1. The highest BCUT2D eigenvalue weighted by molar-refractivity contribution is 6.09. The average Bonchev–Trinajstić information content (AvgIpc) is 3.45. The molecular formula is C30H36N2O4. The van der Waals surface area contributed by atoms with Crippen LogP contribution in [0.2, 0.25) is 0 Å². The summed E-state index contributed by atoms with van der Waals surface area (Å²) in [5.41, 5.74) is 5.56. The number of aliphatic hydroxyl groups excluding tert-OH is 1. The van der Waals surface area contributed by atoms with Gasteiger partial charge in [-0.05, 0) is 48.1 Å². The Morgan fingerprint density at radius 2 is 1.97 bits per heavy atom. The monoisotopic (exact) mass is 488 g/mol. The highest BCUT2D eigenvalue weighted by atomic mass is 16.5. The number of phenolic OH excluding ortho intramolecular Hbond substituents is 1. The topological polar surface area (TPSA) is 82.4 Å². The van der Waals surface area contributed by atoms with Crippen LogP contribution in [0, 0.1) is 0 Å². The van der Waals surface area contributed by atoms with Crippen molar-refractivity contribution in [2.75, 3.05) is 13.3 Å². The van der Waals surface area contributed by atoms with Gasteiger partial charge >= 0.3 is 0 Å². The van der Waals surface area contributed by atoms with Crippen LogP contribution in [-0.4, -0.2) is 46.0 Å². The zero-order valence-electron chi connectivity index (χ0n) is 21.0. The smallest absolute Gasteiger partial charge is 0.163 e. The Morgan fingerprint density at radius 3 is 2.78 bits per heavy atom. The van der Waals surface area contributed by atoms with E-state index in [-0.39, 0.29) is 18.0 Å². The van der Waals surface area contributed by atoms with Crippen LogP contribution < -0.4 is 4.74 Å². The predicted molar refractivity (Wildman–Crippen MR) is 142 cm³/mol. The number of benzene rings is 2. The maximum atomic E-state index is 12.3. The number of hydrogen-bond donors (Lipinski definition) is 2. The molecule has 0 amide bonds. The molecule has 0 aliphatic carbocycles. The Labute approximate surface area is 213 Å². The van der Waals surface area contributed by atoms with E-state index in [9.17, 15) is 15.0 Å². The van der Waals surface area contributed by atoms with E-state index in [2.05, 4.69) is 30.2 Å². The van der Waals surface area contributed by atoms with E-state index in [1.165, 1.54) is 11.1 Å². The third-order valence-electron chi connectivity index (χ3n) is 6.64. The number of unbranched alkanes of at least 4 members (excludes halogenated alkanes) is 2. The summed E-state index contributed by atoms with van der Waals surface area (Å²) in [6, 6.07) is 15.6. The summed E-state index contributed by atoms with van der Waals surface area (Å²) >= 11 is 0. The maximum absolute atomic E-state index is 12.3. The standard InChI is InChI=1S/C30H36N2O4/c1-2-3-5-10-25(33)17-26(34)13-11-23-12-14-29(35)30(16-23)36-21-32-19-27-24(18-31-28(27)20-32)15-22-8-6-4-7-9-22/h4,6-9,12,14,16,18-19,25,33,35H,2-3,5,10-11,13,15,17,20-21H2,1H3/t25-/m1/s1. The van der Waals surface area contributed by atoms with Gasteiger partial charge in [-0.25, -0.2) is 0 Å². The zero-order chi connectivity index (χ0) is 25.3. The number of carbonyl (C=O) groups excluding carboxylic acids is 1. The fourth-order valence-electron chi connectivity index (χ4n) is 4.59. The predicted octanol–water partition coefficient (Wildman–Crippen LogP) is 5.34. The van der Waals surface area contributed by atoms with Gasteiger partial charge in [0.1, 0.15) is 5.78 Å². The molecule has 2 aliphatic rings. The molecule has 0 fully saturated rings. The lowest BCUT2D eigenvalue weighted by molar-refractivity contribution is -0.121. The van der Waals surface area contributed by atoms with E-state index < -0.39 is 6.10 Å². The molecule has 2 heterocycles. The number of carbonyl (C=O) groups is 1. The normalized spacial score (nSPS) is 15.3. The minimum atomic E-state index is -0.551. The van der Waals surface area contributed by atoms with Gasteiger partial charge in [-0.15, -0.1) is 0 Å². The molecule has 0 bridgehead atoms. The van der Waals surface area contributed by atoms with Crippen LogP contribution in [0.15, 0.2) is 77.1 Å². The van der Waals surface area contributed by atoms with Gasteiger partial charge in [0.15, 0.2) is 18.2 Å². The van der Waals surface area contributed by atoms with Crippen molar-refractivity contribution in [1.82, 2.24) is 4.90 Å². The molecule has 2 N–H and O–H groups in total. The van der Waals surface area contributed by atoms with Gasteiger partial charge in [-0.1, -0.05) is 62.6 Å². The molecule has 0 saturated heterocycles. The minimum absolute atomic E-state index is 0.0601. The Hall–Kier alpha value is -3.38. The van der Waals surface area contributed by atoms with Gasteiger partial charge in [0.25, 0.3) is 0 Å². The lowest BCUT2D eigenvalue weighted by atomic mass is 9.99. The van der Waals surface area contributed by atoms with Crippen LogP contribution in [0.3, 0.4) is 0 Å². The second kappa shape index (κ2) is 12.5. The van der Waals surface area contributed by atoms with E-state index in [1.54, 1.807) is 12.1 Å². The second-order valence-corrected chi connectivity index (χ2v) is 9.65. The van der Waals surface area contributed by atoms with Crippen molar-refractivity contribution in [1.29, 1.82) is 0 Å². The number of allylic oxidation sites excluding steroid dienone is 1. The summed E-state index contributed by atoms with van der Waals surface area (Å²) in [5.74, 6) is 0.535. The molecular weight excluding hydrogens is 452 g/mol. The summed E-state index contributed by atoms with van der Waals surface area (Å²) < 4.78 is 5.94. The molecule has 0 saturated carbocycles. The Morgan fingerprint density at radius 1 is 1.14 bits per heavy atom. The first kappa shape index (κ1) is 25.7. The van der Waals surface area contributed by atoms with Gasteiger partial charge in [0, 0.05) is 30.8 Å². The van der Waals surface area contributed by atoms with Crippen molar-refractivity contribution >= 4 is 11.5 Å². The summed E-state index contributed by atoms with van der Waals surface area (Å²) in [5, 5.41) is 20.3. The summed E-state index contributed by atoms with van der Waals surface area (Å²) in [6.07, 6.45) is 9.25. The number of aliphatic hydroxyl groups is 1. The lowest BCUT2D eigenvalue weighted by Crippen LogP contribution is -2.23. The third-order valence-corrected chi connectivity index (χ3v) is 6.64. The van der Waals surface area contributed by atoms with Gasteiger partial charge in [-0.2, -0.15) is 0 Å². The number of ketones is 1. The molecule has 190 valence electrons. The number of ether oxygens (including phenoxy) is 1. The van der Waals surface area contributed by atoms with Crippen molar-refractivity contribution in [3.05, 3.63) is 83.2 Å². The number of hydrogen-bond acceptors (Lipinski definition) is 6. The lowest BCUT2D eigenvalue weighted by Gasteiger charge is -2.17. The number of Topliss-reactive ketones (excluding diaryl/α,β-unsaturated/α-hetero) is 1. The molecule has 1 atom stereocenters. The minimum Gasteiger partial charge on any atom is -0.504 e. The molecule has 0 aromatic heterocycles. The van der Waals surface area contributed by atoms with Crippen molar-refractivity contribution in [3.8, 4) is 11.5 Å². The van der Waals surface area contributed by atoms with Crippen molar-refractivity contribution < 1.29 is 19.7 Å². The molecule has 6 heteroatoms. The molecule has 36 heavy (non-hydrogen) atoms. The van der Waals surface area contributed by atoms with Crippen LogP contribution >= 0.6 is 0 Å². The van der Waals surface area contributed by atoms with E-state index in [4.69, 9.17) is 4.74 Å². The highest BCUT2D eigenvalue weighted by Gasteiger charge is 2.26. The van der Waals surface area contributed by atoms with Crippen molar-refractivity contribution in [2.24, 2.45) is 4.99 Å². The van der Waals surface area contributed by atoms with Gasteiger partial charge in [0.2, 0.25) is 0 Å². The second-order valence-electron chi connectivity index (χ2n) is 9.65. The molecule has 2 aromatic carbocycles. The molecule has 0 spiro atoms. The fraction of sp³-hybridized carbons (Fsp3) is 0.400. The van der Waals surface area contributed by atoms with Crippen LogP contribution in [0.4, 0.5) is 0 Å². The number of nitrogens with zero attached hydrogens (tertiary/aromatic N) is 2.